The van der Waals surface area contributed by atoms with Gasteiger partial charge in [-0.25, -0.2) is 4.98 Å². The summed E-state index contributed by atoms with van der Waals surface area (Å²) in [6, 6.07) is 5.98. The summed E-state index contributed by atoms with van der Waals surface area (Å²) in [5.74, 6) is 0. The summed E-state index contributed by atoms with van der Waals surface area (Å²) >= 11 is 3.45. The highest BCUT2D eigenvalue weighted by Crippen LogP contribution is 2.39. The summed E-state index contributed by atoms with van der Waals surface area (Å²) in [5, 5.41) is 15.5. The van der Waals surface area contributed by atoms with Crippen molar-refractivity contribution >= 4 is 38.2 Å². The number of nitro groups is 1. The van der Waals surface area contributed by atoms with Crippen LogP contribution in [0.2, 0.25) is 0 Å². The smallest absolute Gasteiger partial charge is 0.311 e. The average Bonchev–Trinajstić information content (AvgIpc) is 2.94. The van der Waals surface area contributed by atoms with E-state index in [9.17, 15) is 10.1 Å². The lowest BCUT2D eigenvalue weighted by Gasteiger charge is -2.27. The molecule has 1 N–H and O–H groups in total. The molecule has 0 aliphatic carbocycles. The van der Waals surface area contributed by atoms with Crippen LogP contribution in [0.1, 0.15) is 12.8 Å². The highest BCUT2D eigenvalue weighted by molar-refractivity contribution is 9.10. The maximum absolute atomic E-state index is 11.5. The van der Waals surface area contributed by atoms with Crippen molar-refractivity contribution in [1.29, 1.82) is 0 Å². The first-order chi connectivity index (χ1) is 10.6. The van der Waals surface area contributed by atoms with Crippen molar-refractivity contribution in [1.82, 2.24) is 10.3 Å². The van der Waals surface area contributed by atoms with Crippen LogP contribution in [0.5, 0.6) is 0 Å². The summed E-state index contributed by atoms with van der Waals surface area (Å²) in [4.78, 5) is 17.5. The molecule has 6 nitrogen and oxygen atoms in total. The van der Waals surface area contributed by atoms with Gasteiger partial charge in [0, 0.05) is 29.0 Å². The number of pyridine rings is 1. The van der Waals surface area contributed by atoms with Crippen LogP contribution >= 0.6 is 15.9 Å². The number of nitrogens with zero attached hydrogens (tertiary/aromatic N) is 3. The Labute approximate surface area is 136 Å². The fraction of sp³-hybridized carbons (Fsp3) is 0.400. The van der Waals surface area contributed by atoms with Gasteiger partial charge in [0.25, 0.3) is 0 Å². The molecule has 1 aromatic carbocycles. The molecule has 0 saturated carbocycles. The minimum atomic E-state index is -0.336. The van der Waals surface area contributed by atoms with Crippen molar-refractivity contribution < 1.29 is 4.92 Å². The van der Waals surface area contributed by atoms with Crippen molar-refractivity contribution in [2.45, 2.75) is 18.9 Å². The van der Waals surface area contributed by atoms with Gasteiger partial charge in [0.15, 0.2) is 0 Å². The number of fused-ring (bicyclic) bond motifs is 1. The van der Waals surface area contributed by atoms with E-state index >= 15 is 0 Å². The standard InChI is InChI=1S/C15H17BrN4O2/c1-17-8-11-3-2-6-19(11)15-12-7-10(16)4-5-13(12)18-9-14(15)20(21)22/h4-5,7,9,11,17H,2-3,6,8H2,1H3. The third kappa shape index (κ3) is 2.66. The molecule has 1 saturated heterocycles. The summed E-state index contributed by atoms with van der Waals surface area (Å²) in [6.07, 6.45) is 3.46. The Hall–Kier alpha value is -1.73. The number of hydrogen-bond donors (Lipinski definition) is 1. The Balaban J connectivity index is 2.22. The van der Waals surface area contributed by atoms with Crippen LogP contribution in [-0.2, 0) is 0 Å². The fourth-order valence-corrected chi connectivity index (χ4v) is 3.51. The molecule has 0 amide bonds. The van der Waals surface area contributed by atoms with E-state index in [1.807, 2.05) is 25.2 Å². The number of rotatable bonds is 4. The number of halogens is 1. The van der Waals surface area contributed by atoms with Crippen LogP contribution in [-0.4, -0.2) is 36.1 Å². The molecule has 2 heterocycles. The Morgan fingerprint density at radius 3 is 3.09 bits per heavy atom. The van der Waals surface area contributed by atoms with Gasteiger partial charge in [0.1, 0.15) is 11.9 Å². The number of benzene rings is 1. The van der Waals surface area contributed by atoms with Crippen molar-refractivity contribution in [3.05, 3.63) is 39.0 Å². The van der Waals surface area contributed by atoms with Crippen LogP contribution in [0.15, 0.2) is 28.9 Å². The van der Waals surface area contributed by atoms with E-state index in [2.05, 4.69) is 31.1 Å². The molecule has 0 bridgehead atoms. The first-order valence-electron chi connectivity index (χ1n) is 7.25. The molecule has 0 radical (unpaired) electrons. The van der Waals surface area contributed by atoms with Crippen molar-refractivity contribution in [3.63, 3.8) is 0 Å². The fourth-order valence-electron chi connectivity index (χ4n) is 3.15. The molecule has 1 aromatic heterocycles. The maximum atomic E-state index is 11.5. The lowest BCUT2D eigenvalue weighted by atomic mass is 10.1. The first-order valence-corrected chi connectivity index (χ1v) is 8.05. The van der Waals surface area contributed by atoms with Crippen LogP contribution in [0.3, 0.4) is 0 Å². The monoisotopic (exact) mass is 364 g/mol. The molecular weight excluding hydrogens is 348 g/mol. The topological polar surface area (TPSA) is 71.3 Å². The molecule has 3 rings (SSSR count). The second-order valence-corrected chi connectivity index (χ2v) is 6.37. The minimum Gasteiger partial charge on any atom is -0.361 e. The molecule has 2 aromatic rings. The highest BCUT2D eigenvalue weighted by Gasteiger charge is 2.31. The van der Waals surface area contributed by atoms with Gasteiger partial charge in [-0.1, -0.05) is 15.9 Å². The first kappa shape index (κ1) is 15.2. The van der Waals surface area contributed by atoms with Gasteiger partial charge in [-0.05, 0) is 38.1 Å². The van der Waals surface area contributed by atoms with Gasteiger partial charge in [-0.2, -0.15) is 0 Å². The lowest BCUT2D eigenvalue weighted by molar-refractivity contribution is -0.384. The zero-order valence-corrected chi connectivity index (χ0v) is 13.8. The van der Waals surface area contributed by atoms with Crippen molar-refractivity contribution in [2.75, 3.05) is 25.0 Å². The number of anilines is 1. The number of likely N-dealkylation sites (N-methyl/N-ethyl adjacent to an activating group) is 1. The molecular formula is C15H17BrN4O2. The van der Waals surface area contributed by atoms with Crippen molar-refractivity contribution in [2.24, 2.45) is 0 Å². The van der Waals surface area contributed by atoms with E-state index in [1.165, 1.54) is 6.20 Å². The summed E-state index contributed by atoms with van der Waals surface area (Å²) in [7, 11) is 1.91. The van der Waals surface area contributed by atoms with E-state index in [1.54, 1.807) is 0 Å². The lowest BCUT2D eigenvalue weighted by Crippen LogP contribution is -2.37. The molecule has 1 fully saturated rings. The normalized spacial score (nSPS) is 18.1. The molecule has 1 unspecified atom stereocenters. The highest BCUT2D eigenvalue weighted by atomic mass is 79.9. The quantitative estimate of drug-likeness (QED) is 0.666. The van der Waals surface area contributed by atoms with E-state index < -0.39 is 0 Å². The summed E-state index contributed by atoms with van der Waals surface area (Å²) in [6.45, 7) is 1.65. The van der Waals surface area contributed by atoms with E-state index in [-0.39, 0.29) is 16.7 Å². The number of aromatic nitrogens is 1. The molecule has 1 atom stereocenters. The van der Waals surface area contributed by atoms with Crippen LogP contribution in [0.25, 0.3) is 10.9 Å². The maximum Gasteiger partial charge on any atom is 0.311 e. The Bertz CT molecular complexity index is 722. The molecule has 7 heteroatoms. The van der Waals surface area contributed by atoms with Gasteiger partial charge in [-0.15, -0.1) is 0 Å². The SMILES string of the molecule is CNCC1CCCN1c1c([N+](=O)[O-])cnc2ccc(Br)cc12. The third-order valence-electron chi connectivity index (χ3n) is 4.08. The largest absolute Gasteiger partial charge is 0.361 e. The Morgan fingerprint density at radius 1 is 1.55 bits per heavy atom. The predicted octanol–water partition coefficient (Wildman–Crippen LogP) is 3.09. The zero-order chi connectivity index (χ0) is 15.7. The average molecular weight is 365 g/mol. The van der Waals surface area contributed by atoms with Gasteiger partial charge in [-0.3, -0.25) is 10.1 Å². The van der Waals surface area contributed by atoms with Gasteiger partial charge in [0.2, 0.25) is 0 Å². The minimum absolute atomic E-state index is 0.0774. The van der Waals surface area contributed by atoms with Crippen molar-refractivity contribution in [3.8, 4) is 0 Å². The Kier molecular flexibility index (Phi) is 4.26. The molecule has 22 heavy (non-hydrogen) atoms. The molecule has 0 spiro atoms. The number of nitrogens with one attached hydrogen (secondary N) is 1. The van der Waals surface area contributed by atoms with E-state index in [0.29, 0.717) is 5.69 Å². The van der Waals surface area contributed by atoms with E-state index in [0.717, 1.165) is 41.3 Å². The van der Waals surface area contributed by atoms with Gasteiger partial charge >= 0.3 is 5.69 Å². The summed E-state index contributed by atoms with van der Waals surface area (Å²) in [5.41, 5.74) is 1.54. The van der Waals surface area contributed by atoms with E-state index in [4.69, 9.17) is 0 Å². The van der Waals surface area contributed by atoms with Crippen LogP contribution in [0, 0.1) is 10.1 Å². The van der Waals surface area contributed by atoms with Gasteiger partial charge in [0.05, 0.1) is 10.4 Å². The second-order valence-electron chi connectivity index (χ2n) is 5.46. The molecule has 116 valence electrons. The van der Waals surface area contributed by atoms with Crippen LogP contribution < -0.4 is 10.2 Å². The number of hydrogen-bond acceptors (Lipinski definition) is 5. The van der Waals surface area contributed by atoms with Gasteiger partial charge < -0.3 is 10.2 Å². The molecule has 1 aliphatic heterocycles. The third-order valence-corrected chi connectivity index (χ3v) is 4.58. The second kappa shape index (κ2) is 6.18. The van der Waals surface area contributed by atoms with Crippen LogP contribution in [0.4, 0.5) is 11.4 Å². The summed E-state index contributed by atoms with van der Waals surface area (Å²) < 4.78 is 0.896. The predicted molar refractivity (Wildman–Crippen MR) is 90.4 cm³/mol. The molecule has 1 aliphatic rings. The Morgan fingerprint density at radius 2 is 2.36 bits per heavy atom. The zero-order valence-electron chi connectivity index (χ0n) is 12.3.